The van der Waals surface area contributed by atoms with E-state index >= 15 is 0 Å². The molecule has 8 aromatic carbocycles. The molecule has 0 spiro atoms. The molecule has 0 saturated carbocycles. The van der Waals surface area contributed by atoms with Crippen LogP contribution in [0.15, 0.2) is 192 Å². The summed E-state index contributed by atoms with van der Waals surface area (Å²) < 4.78 is 6.50. The first-order valence-electron chi connectivity index (χ1n) is 17.8. The topological polar surface area (TPSA) is 51.8 Å². The minimum Gasteiger partial charge on any atom is -0.456 e. The Hall–Kier alpha value is -7.17. The van der Waals surface area contributed by atoms with Gasteiger partial charge in [-0.3, -0.25) is 0 Å². The van der Waals surface area contributed by atoms with Gasteiger partial charge in [-0.15, -0.1) is 0 Å². The van der Waals surface area contributed by atoms with Gasteiger partial charge < -0.3 is 4.42 Å². The Morgan fingerprint density at radius 3 is 1.53 bits per heavy atom. The first-order chi connectivity index (χ1) is 26.3. The standard InChI is InChI=1S/C49H31N3O/c1-4-14-32(15-5-1)35-20-12-21-36(30-35)48-50-47(34-18-8-3-9-19-34)51-49(52-48)37-26-29-44-43(31-37)46-42(24-13-25-45(46)53-44)41-28-27-38(33-16-6-2-7-17-33)39-22-10-11-23-40(39)41/h1-31H. The average Bonchev–Trinajstić information content (AvgIpc) is 3.62. The molecule has 0 aliphatic rings. The number of hydrogen-bond donors (Lipinski definition) is 0. The summed E-state index contributed by atoms with van der Waals surface area (Å²) in [7, 11) is 0. The number of hydrogen-bond acceptors (Lipinski definition) is 4. The molecule has 4 nitrogen and oxygen atoms in total. The molecule has 0 N–H and O–H groups in total. The van der Waals surface area contributed by atoms with Crippen LogP contribution in [0.3, 0.4) is 0 Å². The first kappa shape index (κ1) is 30.6. The van der Waals surface area contributed by atoms with Gasteiger partial charge in [-0.25, -0.2) is 15.0 Å². The molecule has 10 rings (SSSR count). The van der Waals surface area contributed by atoms with Crippen molar-refractivity contribution in [3.05, 3.63) is 188 Å². The van der Waals surface area contributed by atoms with Crippen molar-refractivity contribution < 1.29 is 4.42 Å². The van der Waals surface area contributed by atoms with Crippen LogP contribution in [0.1, 0.15) is 0 Å². The fourth-order valence-corrected chi connectivity index (χ4v) is 7.41. The molecule has 0 aliphatic carbocycles. The summed E-state index contributed by atoms with van der Waals surface area (Å²) >= 11 is 0. The van der Waals surface area contributed by atoms with E-state index in [0.29, 0.717) is 17.5 Å². The third kappa shape index (κ3) is 5.54. The highest BCUT2D eigenvalue weighted by Gasteiger charge is 2.18. The van der Waals surface area contributed by atoms with Crippen molar-refractivity contribution in [2.75, 3.05) is 0 Å². The maximum atomic E-state index is 6.50. The maximum Gasteiger partial charge on any atom is 0.164 e. The van der Waals surface area contributed by atoms with Crippen LogP contribution in [0.4, 0.5) is 0 Å². The van der Waals surface area contributed by atoms with Gasteiger partial charge in [-0.2, -0.15) is 0 Å². The smallest absolute Gasteiger partial charge is 0.164 e. The van der Waals surface area contributed by atoms with E-state index in [0.717, 1.165) is 60.9 Å². The van der Waals surface area contributed by atoms with Crippen molar-refractivity contribution in [3.63, 3.8) is 0 Å². The van der Waals surface area contributed by atoms with Gasteiger partial charge in [0.25, 0.3) is 0 Å². The van der Waals surface area contributed by atoms with Crippen molar-refractivity contribution >= 4 is 32.7 Å². The summed E-state index contributed by atoms with van der Waals surface area (Å²) in [5, 5.41) is 4.48. The Morgan fingerprint density at radius 2 is 0.811 bits per heavy atom. The van der Waals surface area contributed by atoms with E-state index in [1.807, 2.05) is 54.6 Å². The zero-order chi connectivity index (χ0) is 35.1. The van der Waals surface area contributed by atoms with Crippen LogP contribution in [0.25, 0.3) is 100 Å². The van der Waals surface area contributed by atoms with Gasteiger partial charge >= 0.3 is 0 Å². The van der Waals surface area contributed by atoms with Crippen molar-refractivity contribution in [1.29, 1.82) is 0 Å². The highest BCUT2D eigenvalue weighted by molar-refractivity contribution is 6.17. The second-order valence-corrected chi connectivity index (χ2v) is 13.2. The lowest BCUT2D eigenvalue weighted by molar-refractivity contribution is 0.669. The van der Waals surface area contributed by atoms with Crippen LogP contribution in [0.5, 0.6) is 0 Å². The van der Waals surface area contributed by atoms with Crippen molar-refractivity contribution in [1.82, 2.24) is 15.0 Å². The summed E-state index contributed by atoms with van der Waals surface area (Å²) in [6.07, 6.45) is 0. The third-order valence-electron chi connectivity index (χ3n) is 9.95. The third-order valence-corrected chi connectivity index (χ3v) is 9.95. The summed E-state index contributed by atoms with van der Waals surface area (Å²) in [5.41, 5.74) is 11.3. The summed E-state index contributed by atoms with van der Waals surface area (Å²) in [6, 6.07) is 65.2. The predicted octanol–water partition coefficient (Wildman–Crippen LogP) is 12.9. The van der Waals surface area contributed by atoms with Crippen LogP contribution < -0.4 is 0 Å². The molecule has 0 bridgehead atoms. The zero-order valence-electron chi connectivity index (χ0n) is 28.6. The molecular formula is C49H31N3O. The lowest BCUT2D eigenvalue weighted by atomic mass is 9.90. The molecule has 0 atom stereocenters. The second kappa shape index (κ2) is 12.9. The van der Waals surface area contributed by atoms with E-state index < -0.39 is 0 Å². The summed E-state index contributed by atoms with van der Waals surface area (Å²) in [4.78, 5) is 15.2. The number of nitrogens with zero attached hydrogens (tertiary/aromatic N) is 3. The molecule has 0 saturated heterocycles. The first-order valence-corrected chi connectivity index (χ1v) is 17.8. The minimum absolute atomic E-state index is 0.602. The van der Waals surface area contributed by atoms with Gasteiger partial charge in [0.1, 0.15) is 11.2 Å². The summed E-state index contributed by atoms with van der Waals surface area (Å²) in [5.74, 6) is 1.85. The Balaban J connectivity index is 1.15. The molecule has 0 radical (unpaired) electrons. The second-order valence-electron chi connectivity index (χ2n) is 13.2. The predicted molar refractivity (Wildman–Crippen MR) is 217 cm³/mol. The van der Waals surface area contributed by atoms with Gasteiger partial charge in [0.15, 0.2) is 17.5 Å². The van der Waals surface area contributed by atoms with E-state index in [2.05, 4.69) is 133 Å². The molecule has 0 amide bonds. The Morgan fingerprint density at radius 1 is 0.283 bits per heavy atom. The lowest BCUT2D eigenvalue weighted by Crippen LogP contribution is -2.00. The van der Waals surface area contributed by atoms with E-state index in [9.17, 15) is 0 Å². The monoisotopic (exact) mass is 677 g/mol. The van der Waals surface area contributed by atoms with Gasteiger partial charge in [-0.1, -0.05) is 158 Å². The van der Waals surface area contributed by atoms with Gasteiger partial charge in [0.05, 0.1) is 0 Å². The average molecular weight is 678 g/mol. The van der Waals surface area contributed by atoms with Gasteiger partial charge in [-0.05, 0) is 74.5 Å². The van der Waals surface area contributed by atoms with Crippen LogP contribution >= 0.6 is 0 Å². The molecule has 4 heteroatoms. The minimum atomic E-state index is 0.602. The van der Waals surface area contributed by atoms with E-state index in [1.54, 1.807) is 0 Å². The number of aromatic nitrogens is 3. The van der Waals surface area contributed by atoms with Crippen molar-refractivity contribution in [3.8, 4) is 67.5 Å². The van der Waals surface area contributed by atoms with Crippen LogP contribution in [-0.2, 0) is 0 Å². The quantitative estimate of drug-likeness (QED) is 0.176. The largest absolute Gasteiger partial charge is 0.456 e. The SMILES string of the molecule is c1ccc(-c2cccc(-c3nc(-c4ccccc4)nc(-c4ccc5oc6cccc(-c7ccc(-c8ccccc8)c8ccccc78)c6c5c4)n3)c2)cc1. The highest BCUT2D eigenvalue weighted by atomic mass is 16.3. The maximum absolute atomic E-state index is 6.50. The molecule has 2 aromatic heterocycles. The molecule has 0 unspecified atom stereocenters. The van der Waals surface area contributed by atoms with E-state index in [1.165, 1.54) is 21.9 Å². The molecule has 2 heterocycles. The molecule has 248 valence electrons. The van der Waals surface area contributed by atoms with Crippen molar-refractivity contribution in [2.45, 2.75) is 0 Å². The van der Waals surface area contributed by atoms with Crippen LogP contribution in [0.2, 0.25) is 0 Å². The van der Waals surface area contributed by atoms with Crippen LogP contribution in [0, 0.1) is 0 Å². The fraction of sp³-hybridized carbons (Fsp3) is 0. The zero-order valence-corrected chi connectivity index (χ0v) is 28.6. The molecular weight excluding hydrogens is 647 g/mol. The number of rotatable bonds is 6. The molecule has 0 fully saturated rings. The van der Waals surface area contributed by atoms with Crippen LogP contribution in [-0.4, -0.2) is 15.0 Å². The van der Waals surface area contributed by atoms with Gasteiger partial charge in [0.2, 0.25) is 0 Å². The Labute approximate surface area is 306 Å². The highest BCUT2D eigenvalue weighted by Crippen LogP contribution is 2.42. The van der Waals surface area contributed by atoms with Gasteiger partial charge in [0, 0.05) is 27.5 Å². The molecule has 0 aliphatic heterocycles. The number of furan rings is 1. The number of benzene rings is 8. The normalized spacial score (nSPS) is 11.4. The molecule has 53 heavy (non-hydrogen) atoms. The lowest BCUT2D eigenvalue weighted by Gasteiger charge is -2.13. The molecule has 10 aromatic rings. The van der Waals surface area contributed by atoms with Crippen molar-refractivity contribution in [2.24, 2.45) is 0 Å². The fourth-order valence-electron chi connectivity index (χ4n) is 7.41. The van der Waals surface area contributed by atoms with E-state index in [4.69, 9.17) is 19.4 Å². The Kier molecular flexibility index (Phi) is 7.43. The Bertz CT molecular complexity index is 2940. The summed E-state index contributed by atoms with van der Waals surface area (Å²) in [6.45, 7) is 0. The van der Waals surface area contributed by atoms with E-state index in [-0.39, 0.29) is 0 Å². The number of fused-ring (bicyclic) bond motifs is 4.